The Bertz CT molecular complexity index is 166. The van der Waals surface area contributed by atoms with Crippen molar-refractivity contribution in [1.82, 2.24) is 5.32 Å². The fourth-order valence-electron chi connectivity index (χ4n) is 1.04. The highest BCUT2D eigenvalue weighted by Crippen LogP contribution is 2.05. The molecule has 5 nitrogen and oxygen atoms in total. The predicted octanol–water partition coefficient (Wildman–Crippen LogP) is -2.34. The van der Waals surface area contributed by atoms with Crippen molar-refractivity contribution in [3.8, 4) is 0 Å². The zero-order valence-corrected chi connectivity index (χ0v) is 7.12. The maximum absolute atomic E-state index is 10.7. The normalized spacial score (nSPS) is 35.9. The smallest absolute Gasteiger partial charge is 0.177 e. The molecular weight excluding hydrogens is 186 g/mol. The number of carbonyl (C=O) groups is 1. The second-order valence-corrected chi connectivity index (χ2v) is 2.57. The van der Waals surface area contributed by atoms with E-state index in [1.807, 2.05) is 0 Å². The Morgan fingerprint density at radius 1 is 1.50 bits per heavy atom. The molecule has 1 aliphatic rings. The lowest BCUT2D eigenvalue weighted by Crippen LogP contribution is -2.59. The predicted molar refractivity (Wildman–Crippen MR) is 43.1 cm³/mol. The molecule has 12 heavy (non-hydrogen) atoms. The van der Waals surface area contributed by atoms with Crippen molar-refractivity contribution in [2.75, 3.05) is 13.2 Å². The maximum Gasteiger partial charge on any atom is 0.177 e. The molecule has 1 aliphatic heterocycles. The molecule has 0 amide bonds. The van der Waals surface area contributed by atoms with E-state index in [0.717, 1.165) is 0 Å². The topological polar surface area (TPSA) is 89.8 Å². The molecule has 72 valence electrons. The van der Waals surface area contributed by atoms with Crippen LogP contribution in [-0.4, -0.2) is 52.5 Å². The number of halogens is 1. The third-order valence-electron chi connectivity index (χ3n) is 1.80. The van der Waals surface area contributed by atoms with Crippen LogP contribution < -0.4 is 5.32 Å². The zero-order chi connectivity index (χ0) is 8.43. The fourth-order valence-corrected chi connectivity index (χ4v) is 1.04. The Morgan fingerprint density at radius 3 is 2.58 bits per heavy atom. The lowest BCUT2D eigenvalue weighted by atomic mass is 9.98. The van der Waals surface area contributed by atoms with E-state index in [-0.39, 0.29) is 25.6 Å². The van der Waals surface area contributed by atoms with Gasteiger partial charge in [0.05, 0.1) is 19.2 Å². The molecule has 0 saturated carbocycles. The maximum atomic E-state index is 10.7. The molecule has 1 heterocycles. The molecule has 3 atom stereocenters. The SMILES string of the molecule is Cl.O=C1CNC(CO)[C@H](O)[C@H]1O. The highest BCUT2D eigenvalue weighted by molar-refractivity contribution is 5.86. The van der Waals surface area contributed by atoms with Crippen LogP contribution in [0.4, 0.5) is 0 Å². The second-order valence-electron chi connectivity index (χ2n) is 2.57. The van der Waals surface area contributed by atoms with Crippen molar-refractivity contribution >= 4 is 18.2 Å². The van der Waals surface area contributed by atoms with Crippen LogP contribution in [-0.2, 0) is 4.79 Å². The van der Waals surface area contributed by atoms with Crippen molar-refractivity contribution in [3.05, 3.63) is 0 Å². The first-order valence-corrected chi connectivity index (χ1v) is 3.40. The lowest BCUT2D eigenvalue weighted by molar-refractivity contribution is -0.138. The fraction of sp³-hybridized carbons (Fsp3) is 0.833. The van der Waals surface area contributed by atoms with Crippen molar-refractivity contribution in [2.24, 2.45) is 0 Å². The summed E-state index contributed by atoms with van der Waals surface area (Å²) in [6.07, 6.45) is -2.55. The van der Waals surface area contributed by atoms with Gasteiger partial charge in [-0.2, -0.15) is 0 Å². The van der Waals surface area contributed by atoms with Gasteiger partial charge in [0.25, 0.3) is 0 Å². The Kier molecular flexibility index (Phi) is 4.66. The van der Waals surface area contributed by atoms with Crippen molar-refractivity contribution in [1.29, 1.82) is 0 Å². The van der Waals surface area contributed by atoms with Crippen LogP contribution in [0.3, 0.4) is 0 Å². The largest absolute Gasteiger partial charge is 0.395 e. The number of piperidine rings is 1. The summed E-state index contributed by atoms with van der Waals surface area (Å²) >= 11 is 0. The molecule has 6 heteroatoms. The summed E-state index contributed by atoms with van der Waals surface area (Å²) in [6.45, 7) is -0.283. The monoisotopic (exact) mass is 197 g/mol. The van der Waals surface area contributed by atoms with Gasteiger partial charge in [-0.15, -0.1) is 12.4 Å². The molecule has 0 aliphatic carbocycles. The lowest BCUT2D eigenvalue weighted by Gasteiger charge is -2.30. The van der Waals surface area contributed by atoms with Crippen LogP contribution in [0, 0.1) is 0 Å². The molecule has 1 rings (SSSR count). The summed E-state index contributed by atoms with van der Waals surface area (Å²) in [4.78, 5) is 10.7. The number of nitrogens with one attached hydrogen (secondary N) is 1. The highest BCUT2D eigenvalue weighted by Gasteiger charge is 2.35. The van der Waals surface area contributed by atoms with Crippen molar-refractivity contribution in [3.63, 3.8) is 0 Å². The van der Waals surface area contributed by atoms with E-state index in [0.29, 0.717) is 0 Å². The van der Waals surface area contributed by atoms with Crippen LogP contribution in [0.1, 0.15) is 0 Å². The number of Topliss-reactive ketones (excluding diaryl/α,β-unsaturated/α-hetero) is 1. The Hall–Kier alpha value is -0.200. The van der Waals surface area contributed by atoms with E-state index >= 15 is 0 Å². The van der Waals surface area contributed by atoms with Crippen LogP contribution in [0.25, 0.3) is 0 Å². The van der Waals surface area contributed by atoms with Crippen molar-refractivity contribution in [2.45, 2.75) is 18.2 Å². The molecule has 0 aromatic heterocycles. The number of carbonyl (C=O) groups excluding carboxylic acids is 1. The van der Waals surface area contributed by atoms with E-state index < -0.39 is 24.0 Å². The van der Waals surface area contributed by atoms with E-state index in [1.165, 1.54) is 0 Å². The summed E-state index contributed by atoms with van der Waals surface area (Å²) in [5.74, 6) is -0.442. The second kappa shape index (κ2) is 4.74. The van der Waals surface area contributed by atoms with Gasteiger partial charge in [0.15, 0.2) is 5.78 Å². The van der Waals surface area contributed by atoms with Gasteiger partial charge in [0.2, 0.25) is 0 Å². The minimum Gasteiger partial charge on any atom is -0.395 e. The van der Waals surface area contributed by atoms with Gasteiger partial charge in [-0.05, 0) is 0 Å². The first kappa shape index (κ1) is 11.8. The summed E-state index contributed by atoms with van der Waals surface area (Å²) in [7, 11) is 0. The molecule has 1 unspecified atom stereocenters. The van der Waals surface area contributed by atoms with Crippen molar-refractivity contribution < 1.29 is 20.1 Å². The molecule has 0 bridgehead atoms. The standard InChI is InChI=1S/C6H11NO4.ClH/c8-2-3-5(10)6(11)4(9)1-7-3;/h3,5-8,10-11H,1-2H2;1H/t3?,5-,6-;/m0./s1. The van der Waals surface area contributed by atoms with Gasteiger partial charge < -0.3 is 20.6 Å². The Balaban J connectivity index is 0.00000121. The van der Waals surface area contributed by atoms with E-state index in [1.54, 1.807) is 0 Å². The number of hydrogen-bond acceptors (Lipinski definition) is 5. The number of aliphatic hydroxyl groups excluding tert-OH is 3. The average Bonchev–Trinajstić information content (AvgIpc) is 2.01. The molecule has 0 spiro atoms. The van der Waals surface area contributed by atoms with Crippen LogP contribution in [0.2, 0.25) is 0 Å². The number of hydrogen-bond donors (Lipinski definition) is 4. The number of rotatable bonds is 1. The van der Waals surface area contributed by atoms with E-state index in [4.69, 9.17) is 15.3 Å². The molecular formula is C6H12ClNO4. The molecule has 1 fully saturated rings. The number of aliphatic hydroxyl groups is 3. The van der Waals surface area contributed by atoms with Gasteiger partial charge >= 0.3 is 0 Å². The molecule has 4 N–H and O–H groups in total. The Labute approximate surface area is 75.8 Å². The molecule has 1 saturated heterocycles. The summed E-state index contributed by atoms with van der Waals surface area (Å²) in [5, 5.41) is 29.3. The molecule has 0 radical (unpaired) electrons. The van der Waals surface area contributed by atoms with Gasteiger partial charge in [-0.1, -0.05) is 0 Å². The van der Waals surface area contributed by atoms with Gasteiger partial charge in [-0.25, -0.2) is 0 Å². The van der Waals surface area contributed by atoms with E-state index in [2.05, 4.69) is 5.32 Å². The zero-order valence-electron chi connectivity index (χ0n) is 6.30. The Morgan fingerprint density at radius 2 is 2.08 bits per heavy atom. The first-order valence-electron chi connectivity index (χ1n) is 3.40. The first-order chi connectivity index (χ1) is 5.16. The van der Waals surface area contributed by atoms with E-state index in [9.17, 15) is 4.79 Å². The summed E-state index contributed by atoms with van der Waals surface area (Å²) in [5.41, 5.74) is 0. The minimum atomic E-state index is -1.35. The molecule has 0 aromatic rings. The van der Waals surface area contributed by atoms with Crippen LogP contribution in [0.15, 0.2) is 0 Å². The summed E-state index contributed by atoms with van der Waals surface area (Å²) < 4.78 is 0. The van der Waals surface area contributed by atoms with Gasteiger partial charge in [-0.3, -0.25) is 4.79 Å². The third-order valence-corrected chi connectivity index (χ3v) is 1.80. The third kappa shape index (κ3) is 2.15. The van der Waals surface area contributed by atoms with Crippen LogP contribution in [0.5, 0.6) is 0 Å². The molecule has 0 aromatic carbocycles. The van der Waals surface area contributed by atoms with Gasteiger partial charge in [0, 0.05) is 0 Å². The highest BCUT2D eigenvalue weighted by atomic mass is 35.5. The average molecular weight is 198 g/mol. The summed E-state index contributed by atoms with van der Waals surface area (Å²) in [6, 6.07) is -0.595. The number of ketones is 1. The van der Waals surface area contributed by atoms with Crippen LogP contribution >= 0.6 is 12.4 Å². The van der Waals surface area contributed by atoms with Gasteiger partial charge in [0.1, 0.15) is 12.2 Å². The quantitative estimate of drug-likeness (QED) is 0.379. The minimum absolute atomic E-state index is 0.